The predicted octanol–water partition coefficient (Wildman–Crippen LogP) is -2.74. The smallest absolute Gasteiger partial charge is 0.00772 e. The van der Waals surface area contributed by atoms with Crippen molar-refractivity contribution in [2.75, 3.05) is 65.4 Å². The maximum absolute atomic E-state index is 5.35. The van der Waals surface area contributed by atoms with Crippen LogP contribution in [0.2, 0.25) is 0 Å². The first kappa shape index (κ1) is 19.6. The van der Waals surface area contributed by atoms with Crippen LogP contribution < -0.4 is 32.7 Å². The fourth-order valence-corrected chi connectivity index (χ4v) is 1.23. The van der Waals surface area contributed by atoms with Crippen molar-refractivity contribution in [3.63, 3.8) is 0 Å². The van der Waals surface area contributed by atoms with Crippen LogP contribution in [-0.4, -0.2) is 65.4 Å². The predicted molar refractivity (Wildman–Crippen MR) is 69.6 cm³/mol. The molecule has 0 saturated carbocycles. The number of hydrogen-bond donors (Lipinski definition) is 6. The number of nitrogens with one attached hydrogen (secondary N) is 4. The Balaban J connectivity index is 0. The summed E-state index contributed by atoms with van der Waals surface area (Å²) in [6.07, 6.45) is 0. The summed E-state index contributed by atoms with van der Waals surface area (Å²) >= 11 is 0. The second-order valence-electron chi connectivity index (χ2n) is 3.58. The van der Waals surface area contributed by atoms with E-state index < -0.39 is 0 Å². The molecule has 106 valence electrons. The molecule has 0 heterocycles. The van der Waals surface area contributed by atoms with Crippen molar-refractivity contribution in [2.45, 2.75) is 0 Å². The van der Waals surface area contributed by atoms with Gasteiger partial charge in [0.2, 0.25) is 0 Å². The van der Waals surface area contributed by atoms with E-state index in [1.807, 2.05) is 0 Å². The van der Waals surface area contributed by atoms with Gasteiger partial charge in [0, 0.05) is 82.5 Å². The third kappa shape index (κ3) is 18.8. The maximum atomic E-state index is 5.35. The normalized spacial score (nSPS) is 10.2. The van der Waals surface area contributed by atoms with Crippen molar-refractivity contribution < 1.29 is 17.1 Å². The summed E-state index contributed by atoms with van der Waals surface area (Å²) in [5, 5.41) is 13.1. The van der Waals surface area contributed by atoms with Crippen molar-refractivity contribution >= 4 is 0 Å². The molecule has 0 aromatic carbocycles. The van der Waals surface area contributed by atoms with Gasteiger partial charge < -0.3 is 32.7 Å². The van der Waals surface area contributed by atoms with Gasteiger partial charge in [-0.3, -0.25) is 0 Å². The first-order chi connectivity index (χ1) is 7.91. The molecule has 8 N–H and O–H groups in total. The van der Waals surface area contributed by atoms with Crippen LogP contribution in [0, 0.1) is 0 Å². The fraction of sp³-hybridized carbons (Fsp3) is 1.00. The van der Waals surface area contributed by atoms with E-state index in [0.29, 0.717) is 13.1 Å². The van der Waals surface area contributed by atoms with E-state index in [1.54, 1.807) is 0 Å². The number of nitrogens with two attached hydrogens (primary N) is 2. The van der Waals surface area contributed by atoms with Crippen molar-refractivity contribution in [2.24, 2.45) is 11.5 Å². The van der Waals surface area contributed by atoms with Crippen molar-refractivity contribution in [1.29, 1.82) is 0 Å². The van der Waals surface area contributed by atoms with E-state index in [9.17, 15) is 0 Å². The van der Waals surface area contributed by atoms with Crippen LogP contribution >= 0.6 is 0 Å². The largest absolute Gasteiger partial charge is 0.329 e. The summed E-state index contributed by atoms with van der Waals surface area (Å²) in [5.74, 6) is 0. The molecule has 0 spiro atoms. The third-order valence-corrected chi connectivity index (χ3v) is 2.08. The third-order valence-electron chi connectivity index (χ3n) is 2.08. The molecular formula is C10H28FeN6. The Morgan fingerprint density at radius 1 is 0.471 bits per heavy atom. The van der Waals surface area contributed by atoms with E-state index in [-0.39, 0.29) is 17.1 Å². The van der Waals surface area contributed by atoms with Crippen molar-refractivity contribution in [1.82, 2.24) is 21.3 Å². The maximum Gasteiger partial charge on any atom is 0.00772 e. The Hall–Kier alpha value is 0.279. The zero-order chi connectivity index (χ0) is 11.9. The molecule has 0 aliphatic carbocycles. The summed E-state index contributed by atoms with van der Waals surface area (Å²) < 4.78 is 0. The molecule has 0 aliphatic rings. The van der Waals surface area contributed by atoms with E-state index in [1.165, 1.54) is 0 Å². The standard InChI is InChI=1S/C10H28N6.Fe/c11-1-3-13-5-7-15-9-10-16-8-6-14-4-2-12;/h13-16H,1-12H2;. The fourth-order valence-electron chi connectivity index (χ4n) is 1.23. The van der Waals surface area contributed by atoms with Gasteiger partial charge in [-0.05, 0) is 0 Å². The van der Waals surface area contributed by atoms with Gasteiger partial charge in [-0.15, -0.1) is 0 Å². The van der Waals surface area contributed by atoms with Crippen LogP contribution in [0.3, 0.4) is 0 Å². The molecule has 0 unspecified atom stereocenters. The average molecular weight is 288 g/mol. The molecule has 0 aliphatic heterocycles. The summed E-state index contributed by atoms with van der Waals surface area (Å²) in [6.45, 7) is 9.15. The van der Waals surface area contributed by atoms with E-state index >= 15 is 0 Å². The van der Waals surface area contributed by atoms with Crippen molar-refractivity contribution in [3.8, 4) is 0 Å². The molecule has 17 heavy (non-hydrogen) atoms. The molecule has 0 atom stereocenters. The molecular weight excluding hydrogens is 260 g/mol. The van der Waals surface area contributed by atoms with Gasteiger partial charge in [0.25, 0.3) is 0 Å². The topological polar surface area (TPSA) is 100 Å². The molecule has 6 nitrogen and oxygen atoms in total. The molecule has 0 saturated heterocycles. The summed E-state index contributed by atoms with van der Waals surface area (Å²) in [4.78, 5) is 0. The average Bonchev–Trinajstić information content (AvgIpc) is 2.31. The van der Waals surface area contributed by atoms with E-state index in [2.05, 4.69) is 21.3 Å². The second-order valence-corrected chi connectivity index (χ2v) is 3.58. The molecule has 0 radical (unpaired) electrons. The van der Waals surface area contributed by atoms with Gasteiger partial charge in [0.15, 0.2) is 0 Å². The minimum absolute atomic E-state index is 0. The van der Waals surface area contributed by atoms with Gasteiger partial charge in [0.1, 0.15) is 0 Å². The molecule has 0 bridgehead atoms. The zero-order valence-corrected chi connectivity index (χ0v) is 11.7. The van der Waals surface area contributed by atoms with Crippen LogP contribution in [0.15, 0.2) is 0 Å². The minimum atomic E-state index is 0. The monoisotopic (exact) mass is 288 g/mol. The molecule has 0 aromatic rings. The van der Waals surface area contributed by atoms with E-state index in [4.69, 9.17) is 11.5 Å². The molecule has 7 heteroatoms. The Morgan fingerprint density at radius 3 is 0.941 bits per heavy atom. The number of rotatable bonds is 13. The molecule has 0 fully saturated rings. The Kier molecular flexibility index (Phi) is 21.5. The molecule has 0 rings (SSSR count). The summed E-state index contributed by atoms with van der Waals surface area (Å²) in [5.41, 5.74) is 10.7. The van der Waals surface area contributed by atoms with Crippen LogP contribution in [0.25, 0.3) is 0 Å². The van der Waals surface area contributed by atoms with Gasteiger partial charge in [-0.25, -0.2) is 0 Å². The van der Waals surface area contributed by atoms with E-state index in [0.717, 1.165) is 52.4 Å². The first-order valence-corrected chi connectivity index (χ1v) is 6.14. The molecule has 0 amide bonds. The summed E-state index contributed by atoms with van der Waals surface area (Å²) in [6, 6.07) is 0. The zero-order valence-electron chi connectivity index (χ0n) is 10.6. The van der Waals surface area contributed by atoms with Crippen LogP contribution in [-0.2, 0) is 17.1 Å². The quantitative estimate of drug-likeness (QED) is 0.162. The van der Waals surface area contributed by atoms with Crippen LogP contribution in [0.4, 0.5) is 0 Å². The first-order valence-electron chi connectivity index (χ1n) is 6.14. The van der Waals surface area contributed by atoms with Crippen LogP contribution in [0.1, 0.15) is 0 Å². The minimum Gasteiger partial charge on any atom is -0.329 e. The number of hydrogen-bond acceptors (Lipinski definition) is 6. The van der Waals surface area contributed by atoms with Crippen molar-refractivity contribution in [3.05, 3.63) is 0 Å². The molecule has 0 aromatic heterocycles. The second kappa shape index (κ2) is 18.6. The van der Waals surface area contributed by atoms with Crippen LogP contribution in [0.5, 0.6) is 0 Å². The van der Waals surface area contributed by atoms with Gasteiger partial charge in [0.05, 0.1) is 0 Å². The Labute approximate surface area is 115 Å². The Morgan fingerprint density at radius 2 is 0.706 bits per heavy atom. The van der Waals surface area contributed by atoms with Gasteiger partial charge >= 0.3 is 0 Å². The summed E-state index contributed by atoms with van der Waals surface area (Å²) in [7, 11) is 0. The van der Waals surface area contributed by atoms with Gasteiger partial charge in [-0.2, -0.15) is 0 Å². The Bertz CT molecular complexity index is 113. The van der Waals surface area contributed by atoms with Gasteiger partial charge in [-0.1, -0.05) is 0 Å². The SMILES string of the molecule is NCCNCCNCCNCCNCCN.[Fe].